The van der Waals surface area contributed by atoms with Crippen LogP contribution < -0.4 is 15.8 Å². The van der Waals surface area contributed by atoms with Crippen LogP contribution in [0.3, 0.4) is 0 Å². The predicted molar refractivity (Wildman–Crippen MR) is 90.4 cm³/mol. The summed E-state index contributed by atoms with van der Waals surface area (Å²) in [4.78, 5) is 0. The first-order valence-corrected chi connectivity index (χ1v) is 7.60. The molecule has 0 aliphatic rings. The lowest BCUT2D eigenvalue weighted by Crippen LogP contribution is -1.97. The molecule has 3 N–H and O–H groups in total. The molecule has 0 aliphatic heterocycles. The minimum absolute atomic E-state index is 0.634. The number of hydrogen-bond acceptors (Lipinski definition) is 3. The number of benzene rings is 2. The average molecular weight is 284 g/mol. The maximum atomic E-state index is 5.90. The van der Waals surface area contributed by atoms with Gasteiger partial charge in [0.2, 0.25) is 0 Å². The Morgan fingerprint density at radius 3 is 2.43 bits per heavy atom. The summed E-state index contributed by atoms with van der Waals surface area (Å²) >= 11 is 0. The second-order valence-corrected chi connectivity index (χ2v) is 5.15. The molecule has 0 heterocycles. The van der Waals surface area contributed by atoms with Crippen molar-refractivity contribution in [2.24, 2.45) is 0 Å². The Balaban J connectivity index is 2.07. The highest BCUT2D eigenvalue weighted by Gasteiger charge is 2.01. The third-order valence-electron chi connectivity index (χ3n) is 3.30. The van der Waals surface area contributed by atoms with E-state index in [1.807, 2.05) is 25.1 Å². The molecule has 0 aliphatic carbocycles. The number of ether oxygens (including phenoxy) is 1. The van der Waals surface area contributed by atoms with Crippen LogP contribution in [0.25, 0.3) is 0 Å². The standard InChI is InChI=1S/C18H24N2O/c1-3-5-6-14-7-9-16(10-8-14)20-17-11-15(19)12-18(13-17)21-4-2/h7-13,20H,3-6,19H2,1-2H3. The predicted octanol–water partition coefficient (Wildman–Crippen LogP) is 4.75. The third kappa shape index (κ3) is 4.71. The molecule has 0 fully saturated rings. The lowest BCUT2D eigenvalue weighted by molar-refractivity contribution is 0.340. The topological polar surface area (TPSA) is 47.3 Å². The molecule has 3 nitrogen and oxygen atoms in total. The molecule has 21 heavy (non-hydrogen) atoms. The Kier molecular flexibility index (Phi) is 5.50. The molecule has 0 amide bonds. The first-order valence-electron chi connectivity index (χ1n) is 7.60. The number of unbranched alkanes of at least 4 members (excludes halogenated alkanes) is 1. The van der Waals surface area contributed by atoms with E-state index in [0.29, 0.717) is 12.3 Å². The largest absolute Gasteiger partial charge is 0.494 e. The van der Waals surface area contributed by atoms with Crippen LogP contribution in [0.4, 0.5) is 17.1 Å². The van der Waals surface area contributed by atoms with E-state index in [4.69, 9.17) is 10.5 Å². The summed E-state index contributed by atoms with van der Waals surface area (Å²) < 4.78 is 5.51. The molecule has 0 radical (unpaired) electrons. The molecular formula is C18H24N2O. The molecule has 112 valence electrons. The quantitative estimate of drug-likeness (QED) is 0.721. The molecular weight excluding hydrogens is 260 g/mol. The van der Waals surface area contributed by atoms with Gasteiger partial charge in [-0.3, -0.25) is 0 Å². The van der Waals surface area contributed by atoms with Gasteiger partial charge in [-0.25, -0.2) is 0 Å². The van der Waals surface area contributed by atoms with Gasteiger partial charge in [-0.1, -0.05) is 25.5 Å². The monoisotopic (exact) mass is 284 g/mol. The highest BCUT2D eigenvalue weighted by molar-refractivity contribution is 5.66. The molecule has 2 rings (SSSR count). The van der Waals surface area contributed by atoms with Crippen molar-refractivity contribution in [2.45, 2.75) is 33.1 Å². The van der Waals surface area contributed by atoms with Gasteiger partial charge in [0.1, 0.15) is 5.75 Å². The van der Waals surface area contributed by atoms with Crippen molar-refractivity contribution in [2.75, 3.05) is 17.7 Å². The number of hydrogen-bond donors (Lipinski definition) is 2. The van der Waals surface area contributed by atoms with Crippen molar-refractivity contribution in [1.82, 2.24) is 0 Å². The van der Waals surface area contributed by atoms with E-state index in [9.17, 15) is 0 Å². The van der Waals surface area contributed by atoms with Gasteiger partial charge in [0, 0.05) is 29.2 Å². The lowest BCUT2D eigenvalue weighted by Gasteiger charge is -2.11. The summed E-state index contributed by atoms with van der Waals surface area (Å²) in [7, 11) is 0. The molecule has 3 heteroatoms. The van der Waals surface area contributed by atoms with Gasteiger partial charge in [-0.15, -0.1) is 0 Å². The molecule has 0 saturated heterocycles. The van der Waals surface area contributed by atoms with Gasteiger partial charge in [-0.2, -0.15) is 0 Å². The van der Waals surface area contributed by atoms with Crippen molar-refractivity contribution >= 4 is 17.1 Å². The molecule has 0 unspecified atom stereocenters. The lowest BCUT2D eigenvalue weighted by atomic mass is 10.1. The number of aryl methyl sites for hydroxylation is 1. The van der Waals surface area contributed by atoms with E-state index in [-0.39, 0.29) is 0 Å². The maximum Gasteiger partial charge on any atom is 0.123 e. The molecule has 2 aromatic carbocycles. The minimum atomic E-state index is 0.634. The summed E-state index contributed by atoms with van der Waals surface area (Å²) in [6, 6.07) is 14.3. The average Bonchev–Trinajstić information content (AvgIpc) is 2.46. The van der Waals surface area contributed by atoms with Crippen molar-refractivity contribution < 1.29 is 4.74 Å². The van der Waals surface area contributed by atoms with Crippen LogP contribution in [0, 0.1) is 0 Å². The number of nitrogens with one attached hydrogen (secondary N) is 1. The zero-order chi connectivity index (χ0) is 15.1. The van der Waals surface area contributed by atoms with Crippen LogP contribution in [0.1, 0.15) is 32.3 Å². The zero-order valence-corrected chi connectivity index (χ0v) is 12.9. The Morgan fingerprint density at radius 1 is 1.00 bits per heavy atom. The first-order chi connectivity index (χ1) is 10.2. The van der Waals surface area contributed by atoms with E-state index in [1.165, 1.54) is 18.4 Å². The zero-order valence-electron chi connectivity index (χ0n) is 12.9. The maximum absolute atomic E-state index is 5.90. The van der Waals surface area contributed by atoms with E-state index in [1.54, 1.807) is 0 Å². The summed E-state index contributed by atoms with van der Waals surface area (Å²) in [5.74, 6) is 0.791. The second kappa shape index (κ2) is 7.58. The molecule has 0 bridgehead atoms. The smallest absolute Gasteiger partial charge is 0.123 e. The summed E-state index contributed by atoms with van der Waals surface area (Å²) in [5, 5.41) is 3.37. The SMILES string of the molecule is CCCCc1ccc(Nc2cc(N)cc(OCC)c2)cc1. The van der Waals surface area contributed by atoms with Crippen LogP contribution in [-0.4, -0.2) is 6.61 Å². The van der Waals surface area contributed by atoms with Crippen LogP contribution in [0.15, 0.2) is 42.5 Å². The van der Waals surface area contributed by atoms with Crippen molar-refractivity contribution in [3.8, 4) is 5.75 Å². The van der Waals surface area contributed by atoms with Gasteiger partial charge in [0.15, 0.2) is 0 Å². The van der Waals surface area contributed by atoms with Gasteiger partial charge >= 0.3 is 0 Å². The van der Waals surface area contributed by atoms with Gasteiger partial charge < -0.3 is 15.8 Å². The summed E-state index contributed by atoms with van der Waals surface area (Å²) in [6.07, 6.45) is 3.60. The van der Waals surface area contributed by atoms with Crippen LogP contribution in [-0.2, 0) is 6.42 Å². The Bertz CT molecular complexity index is 564. The van der Waals surface area contributed by atoms with Gasteiger partial charge in [-0.05, 0) is 43.5 Å². The summed E-state index contributed by atoms with van der Waals surface area (Å²) in [6.45, 7) is 4.81. The fourth-order valence-electron chi connectivity index (χ4n) is 2.25. The van der Waals surface area contributed by atoms with E-state index in [0.717, 1.165) is 23.5 Å². The molecule has 0 atom stereocenters. The Hall–Kier alpha value is -2.16. The molecule has 0 aromatic heterocycles. The van der Waals surface area contributed by atoms with Crippen LogP contribution >= 0.6 is 0 Å². The highest BCUT2D eigenvalue weighted by atomic mass is 16.5. The van der Waals surface area contributed by atoms with E-state index >= 15 is 0 Å². The molecule has 2 aromatic rings. The van der Waals surface area contributed by atoms with Crippen LogP contribution in [0.5, 0.6) is 5.75 Å². The van der Waals surface area contributed by atoms with Crippen molar-refractivity contribution in [3.05, 3.63) is 48.0 Å². The van der Waals surface area contributed by atoms with E-state index in [2.05, 4.69) is 36.5 Å². The number of nitrogen functional groups attached to an aromatic ring is 1. The fraction of sp³-hybridized carbons (Fsp3) is 0.333. The molecule has 0 saturated carbocycles. The number of nitrogens with two attached hydrogens (primary N) is 1. The number of anilines is 3. The van der Waals surface area contributed by atoms with Crippen molar-refractivity contribution in [1.29, 1.82) is 0 Å². The van der Waals surface area contributed by atoms with Gasteiger partial charge in [0.25, 0.3) is 0 Å². The Labute approximate surface area is 127 Å². The first kappa shape index (κ1) is 15.2. The molecule has 0 spiro atoms. The summed E-state index contributed by atoms with van der Waals surface area (Å²) in [5.41, 5.74) is 9.98. The fourth-order valence-corrected chi connectivity index (χ4v) is 2.25. The normalized spacial score (nSPS) is 10.4. The second-order valence-electron chi connectivity index (χ2n) is 5.15. The van der Waals surface area contributed by atoms with Crippen LogP contribution in [0.2, 0.25) is 0 Å². The van der Waals surface area contributed by atoms with Gasteiger partial charge in [0.05, 0.1) is 6.61 Å². The number of rotatable bonds is 7. The van der Waals surface area contributed by atoms with Crippen molar-refractivity contribution in [3.63, 3.8) is 0 Å². The van der Waals surface area contributed by atoms with E-state index < -0.39 is 0 Å². The Morgan fingerprint density at radius 2 is 1.76 bits per heavy atom. The third-order valence-corrected chi connectivity index (χ3v) is 3.30. The minimum Gasteiger partial charge on any atom is -0.494 e. The highest BCUT2D eigenvalue weighted by Crippen LogP contribution is 2.25.